The summed E-state index contributed by atoms with van der Waals surface area (Å²) in [5.41, 5.74) is 0. The molecule has 68 valence electrons. The molecule has 0 saturated heterocycles. The first kappa shape index (κ1) is 9.26. The Kier molecular flexibility index (Phi) is 3.29. The molecule has 0 amide bonds. The molecule has 1 N–H and O–H groups in total. The van der Waals surface area contributed by atoms with Gasteiger partial charge in [0.25, 0.3) is 0 Å². The van der Waals surface area contributed by atoms with Gasteiger partial charge in [0.15, 0.2) is 0 Å². The Bertz CT molecular complexity index is 232. The summed E-state index contributed by atoms with van der Waals surface area (Å²) in [5, 5.41) is 9.64. The van der Waals surface area contributed by atoms with Gasteiger partial charge in [-0.15, -0.1) is 0 Å². The summed E-state index contributed by atoms with van der Waals surface area (Å²) in [5.74, 6) is 0.767. The van der Waals surface area contributed by atoms with Crippen LogP contribution in [0.15, 0.2) is 12.4 Å². The largest absolute Gasteiger partial charge is 0.385 e. The predicted octanol–water partition coefficient (Wildman–Crippen LogP) is 1.64. The van der Waals surface area contributed by atoms with Gasteiger partial charge in [0.05, 0.1) is 0 Å². The quantitative estimate of drug-likeness (QED) is 0.742. The topological polar surface area (TPSA) is 38.1 Å². The smallest absolute Gasteiger partial charge is 0.137 e. The summed E-state index contributed by atoms with van der Waals surface area (Å²) in [7, 11) is 1.90. The van der Waals surface area contributed by atoms with E-state index >= 15 is 0 Å². The zero-order valence-electron chi connectivity index (χ0n) is 7.70. The standard InChI is InChI=1S/C9H16N2O/c1-3-4-5-8(12)9-10-6-7-11(9)2/h6-8,12H,3-5H2,1-2H3. The number of aliphatic hydroxyl groups excluding tert-OH is 1. The molecule has 1 aromatic heterocycles. The molecular weight excluding hydrogens is 152 g/mol. The molecule has 0 saturated carbocycles. The summed E-state index contributed by atoms with van der Waals surface area (Å²) in [6, 6.07) is 0. The van der Waals surface area contributed by atoms with Crippen molar-refractivity contribution in [3.8, 4) is 0 Å². The fraction of sp³-hybridized carbons (Fsp3) is 0.667. The molecular formula is C9H16N2O. The Labute approximate surface area is 73.1 Å². The van der Waals surface area contributed by atoms with Crippen LogP contribution in [-0.4, -0.2) is 14.7 Å². The Balaban J connectivity index is 2.52. The molecule has 0 fully saturated rings. The third-order valence-electron chi connectivity index (χ3n) is 1.99. The van der Waals surface area contributed by atoms with Crippen LogP contribution < -0.4 is 0 Å². The van der Waals surface area contributed by atoms with Crippen LogP contribution in [0.1, 0.15) is 38.1 Å². The van der Waals surface area contributed by atoms with Crippen LogP contribution in [0, 0.1) is 0 Å². The lowest BCUT2D eigenvalue weighted by molar-refractivity contribution is 0.151. The summed E-state index contributed by atoms with van der Waals surface area (Å²) in [4.78, 5) is 4.08. The van der Waals surface area contributed by atoms with Crippen molar-refractivity contribution in [1.82, 2.24) is 9.55 Å². The summed E-state index contributed by atoms with van der Waals surface area (Å²) >= 11 is 0. The lowest BCUT2D eigenvalue weighted by Crippen LogP contribution is -2.05. The molecule has 1 rings (SSSR count). The van der Waals surface area contributed by atoms with Crippen molar-refractivity contribution in [2.75, 3.05) is 0 Å². The zero-order chi connectivity index (χ0) is 8.97. The highest BCUT2D eigenvalue weighted by atomic mass is 16.3. The van der Waals surface area contributed by atoms with Crippen LogP contribution >= 0.6 is 0 Å². The summed E-state index contributed by atoms with van der Waals surface area (Å²) < 4.78 is 1.86. The van der Waals surface area contributed by atoms with Gasteiger partial charge in [-0.1, -0.05) is 19.8 Å². The van der Waals surface area contributed by atoms with Crippen LogP contribution in [0.2, 0.25) is 0 Å². The van der Waals surface area contributed by atoms with Gasteiger partial charge in [-0.2, -0.15) is 0 Å². The molecule has 1 aromatic rings. The number of unbranched alkanes of at least 4 members (excludes halogenated alkanes) is 1. The maximum absolute atomic E-state index is 9.64. The highest BCUT2D eigenvalue weighted by Gasteiger charge is 2.10. The fourth-order valence-electron chi connectivity index (χ4n) is 1.22. The normalized spacial score (nSPS) is 13.2. The Morgan fingerprint density at radius 1 is 1.67 bits per heavy atom. The number of aryl methyl sites for hydroxylation is 1. The van der Waals surface area contributed by atoms with Crippen LogP contribution in [0.3, 0.4) is 0 Å². The van der Waals surface area contributed by atoms with Gasteiger partial charge in [-0.25, -0.2) is 4.98 Å². The van der Waals surface area contributed by atoms with E-state index in [0.29, 0.717) is 0 Å². The molecule has 0 bridgehead atoms. The van der Waals surface area contributed by atoms with E-state index < -0.39 is 6.10 Å². The van der Waals surface area contributed by atoms with E-state index in [9.17, 15) is 5.11 Å². The van der Waals surface area contributed by atoms with Crippen molar-refractivity contribution in [3.63, 3.8) is 0 Å². The monoisotopic (exact) mass is 168 g/mol. The second-order valence-electron chi connectivity index (χ2n) is 3.05. The zero-order valence-corrected chi connectivity index (χ0v) is 7.70. The van der Waals surface area contributed by atoms with E-state index in [4.69, 9.17) is 0 Å². The lowest BCUT2D eigenvalue weighted by Gasteiger charge is -2.08. The van der Waals surface area contributed by atoms with E-state index in [1.54, 1.807) is 6.20 Å². The number of aliphatic hydroxyl groups is 1. The maximum atomic E-state index is 9.64. The van der Waals surface area contributed by atoms with Crippen molar-refractivity contribution in [2.24, 2.45) is 7.05 Å². The Morgan fingerprint density at radius 3 is 2.92 bits per heavy atom. The van der Waals surface area contributed by atoms with Crippen LogP contribution in [0.25, 0.3) is 0 Å². The second kappa shape index (κ2) is 4.26. The van der Waals surface area contributed by atoms with Gasteiger partial charge in [0, 0.05) is 19.4 Å². The number of hydrogen-bond donors (Lipinski definition) is 1. The summed E-state index contributed by atoms with van der Waals surface area (Å²) in [6.07, 6.45) is 6.14. The average molecular weight is 168 g/mol. The van der Waals surface area contributed by atoms with Crippen molar-refractivity contribution >= 4 is 0 Å². The predicted molar refractivity (Wildman–Crippen MR) is 47.7 cm³/mol. The van der Waals surface area contributed by atoms with Crippen molar-refractivity contribution in [1.29, 1.82) is 0 Å². The van der Waals surface area contributed by atoms with E-state index in [1.807, 2.05) is 17.8 Å². The van der Waals surface area contributed by atoms with Crippen LogP contribution in [0.4, 0.5) is 0 Å². The molecule has 1 heterocycles. The van der Waals surface area contributed by atoms with E-state index in [2.05, 4.69) is 11.9 Å². The number of imidazole rings is 1. The molecule has 0 aliphatic heterocycles. The first-order chi connectivity index (χ1) is 5.75. The highest BCUT2D eigenvalue weighted by molar-refractivity contribution is 4.94. The van der Waals surface area contributed by atoms with Gasteiger partial charge in [0.2, 0.25) is 0 Å². The minimum Gasteiger partial charge on any atom is -0.385 e. The highest BCUT2D eigenvalue weighted by Crippen LogP contribution is 2.16. The molecule has 0 aliphatic carbocycles. The number of nitrogens with zero attached hydrogens (tertiary/aromatic N) is 2. The molecule has 3 heteroatoms. The molecule has 0 spiro atoms. The number of hydrogen-bond acceptors (Lipinski definition) is 2. The maximum Gasteiger partial charge on any atom is 0.137 e. The third kappa shape index (κ3) is 2.08. The van der Waals surface area contributed by atoms with Crippen LogP contribution in [-0.2, 0) is 7.05 Å². The van der Waals surface area contributed by atoms with Gasteiger partial charge >= 0.3 is 0 Å². The molecule has 3 nitrogen and oxygen atoms in total. The van der Waals surface area contributed by atoms with Gasteiger partial charge in [-0.3, -0.25) is 0 Å². The van der Waals surface area contributed by atoms with Crippen molar-refractivity contribution in [2.45, 2.75) is 32.3 Å². The molecule has 1 unspecified atom stereocenters. The minimum absolute atomic E-state index is 0.398. The molecule has 0 radical (unpaired) electrons. The first-order valence-electron chi connectivity index (χ1n) is 4.41. The molecule has 1 atom stereocenters. The van der Waals surface area contributed by atoms with E-state index in [1.165, 1.54) is 0 Å². The number of aromatic nitrogens is 2. The van der Waals surface area contributed by atoms with Crippen molar-refractivity contribution < 1.29 is 5.11 Å². The first-order valence-corrected chi connectivity index (χ1v) is 4.41. The Morgan fingerprint density at radius 2 is 2.42 bits per heavy atom. The lowest BCUT2D eigenvalue weighted by atomic mass is 10.1. The SMILES string of the molecule is CCCCC(O)c1nccn1C. The second-order valence-corrected chi connectivity index (χ2v) is 3.05. The molecule has 0 aliphatic rings. The Hall–Kier alpha value is -0.830. The molecule has 12 heavy (non-hydrogen) atoms. The van der Waals surface area contributed by atoms with Gasteiger partial charge in [-0.05, 0) is 6.42 Å². The van der Waals surface area contributed by atoms with Gasteiger partial charge < -0.3 is 9.67 Å². The average Bonchev–Trinajstić information content (AvgIpc) is 2.47. The van der Waals surface area contributed by atoms with E-state index in [0.717, 1.165) is 25.1 Å². The minimum atomic E-state index is -0.398. The van der Waals surface area contributed by atoms with E-state index in [-0.39, 0.29) is 0 Å². The molecule has 0 aromatic carbocycles. The van der Waals surface area contributed by atoms with Crippen LogP contribution in [0.5, 0.6) is 0 Å². The third-order valence-corrected chi connectivity index (χ3v) is 1.99. The number of rotatable bonds is 4. The summed E-state index contributed by atoms with van der Waals surface area (Å²) in [6.45, 7) is 2.12. The van der Waals surface area contributed by atoms with Gasteiger partial charge in [0.1, 0.15) is 11.9 Å². The van der Waals surface area contributed by atoms with Crippen molar-refractivity contribution in [3.05, 3.63) is 18.2 Å². The fourth-order valence-corrected chi connectivity index (χ4v) is 1.22.